The first-order valence-corrected chi connectivity index (χ1v) is 17.7. The van der Waals surface area contributed by atoms with E-state index in [2.05, 4.69) is 31.3 Å². The normalized spacial score (nSPS) is 13.8. The van der Waals surface area contributed by atoms with Gasteiger partial charge in [0.2, 0.25) is 5.91 Å². The van der Waals surface area contributed by atoms with Crippen molar-refractivity contribution in [2.75, 3.05) is 26.4 Å². The van der Waals surface area contributed by atoms with Crippen LogP contribution in [0.2, 0.25) is 0 Å². The van der Waals surface area contributed by atoms with Gasteiger partial charge >= 0.3 is 13.8 Å². The third-order valence-corrected chi connectivity index (χ3v) is 7.68. The van der Waals surface area contributed by atoms with E-state index in [0.717, 1.165) is 64.2 Å². The molecule has 41 heavy (non-hydrogen) atoms. The van der Waals surface area contributed by atoms with Gasteiger partial charge in [-0.3, -0.25) is 18.6 Å². The number of ether oxygens (including phenoxy) is 1. The first kappa shape index (κ1) is 39.8. The van der Waals surface area contributed by atoms with E-state index in [1.165, 1.54) is 51.4 Å². The quantitative estimate of drug-likeness (QED) is 0.0331. The van der Waals surface area contributed by atoms with Crippen molar-refractivity contribution in [3.8, 4) is 0 Å². The molecule has 0 fully saturated rings. The molecule has 0 aliphatic carbocycles. The Hall–Kier alpha value is -1.25. The molecule has 0 spiro atoms. The fraction of sp³-hybridized carbons (Fsp3) is 0.871. The molecule has 0 saturated heterocycles. The minimum atomic E-state index is -4.40. The lowest BCUT2D eigenvalue weighted by Crippen LogP contribution is -2.27. The van der Waals surface area contributed by atoms with Crippen LogP contribution in [-0.4, -0.2) is 54.3 Å². The Morgan fingerprint density at radius 2 is 1.27 bits per heavy atom. The zero-order valence-electron chi connectivity index (χ0n) is 26.0. The van der Waals surface area contributed by atoms with E-state index >= 15 is 0 Å². The Bertz CT molecular complexity index is 704. The number of aliphatic hydroxyl groups excluding tert-OH is 1. The topological polar surface area (TPSA) is 131 Å². The monoisotopic (exact) mass is 605 g/mol. The number of allylic oxidation sites excluding steroid dienone is 2. The summed E-state index contributed by atoms with van der Waals surface area (Å²) in [6, 6.07) is 0. The molecule has 0 radical (unpaired) electrons. The molecule has 3 N–H and O–H groups in total. The average Bonchev–Trinajstić information content (AvgIpc) is 2.95. The van der Waals surface area contributed by atoms with Gasteiger partial charge in [0.05, 0.1) is 13.2 Å². The van der Waals surface area contributed by atoms with Crippen molar-refractivity contribution in [1.29, 1.82) is 0 Å². The molecule has 2 unspecified atom stereocenters. The zero-order chi connectivity index (χ0) is 30.4. The molecule has 0 saturated carbocycles. The Labute approximate surface area is 249 Å². The maximum Gasteiger partial charge on any atom is 0.472 e. The lowest BCUT2D eigenvalue weighted by atomic mass is 10.1. The number of hydrogen-bond donors (Lipinski definition) is 3. The van der Waals surface area contributed by atoms with Gasteiger partial charge in [-0.05, 0) is 32.1 Å². The van der Waals surface area contributed by atoms with Crippen LogP contribution in [0.15, 0.2) is 12.2 Å². The van der Waals surface area contributed by atoms with Crippen LogP contribution in [-0.2, 0) is 27.9 Å². The first-order valence-electron chi connectivity index (χ1n) is 16.2. The van der Waals surface area contributed by atoms with E-state index in [0.29, 0.717) is 6.42 Å². The number of esters is 1. The number of carbonyl (C=O) groups excluding carboxylic acids is 2. The van der Waals surface area contributed by atoms with Crippen molar-refractivity contribution in [2.24, 2.45) is 0 Å². The third-order valence-electron chi connectivity index (χ3n) is 6.70. The summed E-state index contributed by atoms with van der Waals surface area (Å²) in [5.41, 5.74) is 0. The van der Waals surface area contributed by atoms with E-state index in [-0.39, 0.29) is 32.1 Å². The maximum absolute atomic E-state index is 12.0. The number of hydrogen-bond acceptors (Lipinski definition) is 7. The van der Waals surface area contributed by atoms with Crippen LogP contribution in [0.5, 0.6) is 0 Å². The van der Waals surface area contributed by atoms with E-state index in [4.69, 9.17) is 13.8 Å². The highest BCUT2D eigenvalue weighted by atomic mass is 31.2. The molecule has 2 atom stereocenters. The Morgan fingerprint density at radius 1 is 0.732 bits per heavy atom. The van der Waals surface area contributed by atoms with Crippen molar-refractivity contribution in [1.82, 2.24) is 5.32 Å². The first-order chi connectivity index (χ1) is 19.8. The highest BCUT2D eigenvalue weighted by Crippen LogP contribution is 2.42. The number of phosphoric ester groups is 1. The van der Waals surface area contributed by atoms with E-state index in [1.54, 1.807) is 0 Å². The lowest BCUT2D eigenvalue weighted by Gasteiger charge is -2.15. The van der Waals surface area contributed by atoms with Gasteiger partial charge in [-0.2, -0.15) is 0 Å². The predicted molar refractivity (Wildman–Crippen MR) is 165 cm³/mol. The lowest BCUT2D eigenvalue weighted by molar-refractivity contribution is -0.147. The van der Waals surface area contributed by atoms with Gasteiger partial charge < -0.3 is 20.1 Å². The van der Waals surface area contributed by atoms with Crippen molar-refractivity contribution in [3.63, 3.8) is 0 Å². The van der Waals surface area contributed by atoms with Crippen LogP contribution in [0.3, 0.4) is 0 Å². The van der Waals surface area contributed by atoms with Gasteiger partial charge in [0.25, 0.3) is 0 Å². The summed E-state index contributed by atoms with van der Waals surface area (Å²) >= 11 is 0. The van der Waals surface area contributed by atoms with Crippen LogP contribution in [0.25, 0.3) is 0 Å². The Morgan fingerprint density at radius 3 is 1.90 bits per heavy atom. The second-order valence-corrected chi connectivity index (χ2v) is 12.2. The van der Waals surface area contributed by atoms with Crippen molar-refractivity contribution in [2.45, 2.75) is 148 Å². The van der Waals surface area contributed by atoms with Crippen molar-refractivity contribution >= 4 is 19.7 Å². The molecular formula is C31H60NO8P. The number of nitrogens with one attached hydrogen (secondary N) is 1. The Kier molecular flexibility index (Phi) is 28.0. The summed E-state index contributed by atoms with van der Waals surface area (Å²) in [6.45, 7) is 3.45. The molecule has 0 aliphatic heterocycles. The number of rotatable bonds is 30. The molecule has 0 bridgehead atoms. The number of amides is 1. The minimum Gasteiger partial charge on any atom is -0.463 e. The molecule has 0 aliphatic rings. The average molecular weight is 606 g/mol. The van der Waals surface area contributed by atoms with Crippen molar-refractivity contribution in [3.05, 3.63) is 12.2 Å². The summed E-state index contributed by atoms with van der Waals surface area (Å²) in [5, 5.41) is 12.6. The highest BCUT2D eigenvalue weighted by molar-refractivity contribution is 7.47. The summed E-state index contributed by atoms with van der Waals surface area (Å²) in [5.74, 6) is -0.530. The fourth-order valence-corrected chi connectivity index (χ4v) is 4.94. The van der Waals surface area contributed by atoms with E-state index in [1.807, 2.05) is 0 Å². The molecular weight excluding hydrogens is 545 g/mol. The molecule has 9 nitrogen and oxygen atoms in total. The fourth-order valence-electron chi connectivity index (χ4n) is 4.18. The number of aliphatic hydroxyl groups is 1. The molecule has 0 heterocycles. The molecule has 1 amide bonds. The molecule has 242 valence electrons. The van der Waals surface area contributed by atoms with Crippen LogP contribution in [0.4, 0.5) is 0 Å². The standard InChI is InChI=1S/C31H60NO8P/c1-3-5-7-9-11-13-14-16-18-20-22-24-31(35)38-27-29(33)28-40-41(36,37)39-26-25-32-30(34)23-21-19-17-15-12-10-8-6-4-2/h9,11,29,33H,3-8,10,12-28H2,1-2H3,(H,32,34)(H,36,37)/b11-9-. The van der Waals surface area contributed by atoms with E-state index < -0.39 is 26.5 Å². The van der Waals surface area contributed by atoms with E-state index in [9.17, 15) is 24.2 Å². The Balaban J connectivity index is 3.67. The van der Waals surface area contributed by atoms with Gasteiger partial charge in [0, 0.05) is 19.4 Å². The minimum absolute atomic E-state index is 0.0838. The number of phosphoric acid groups is 1. The molecule has 0 rings (SSSR count). The van der Waals surface area contributed by atoms with Gasteiger partial charge in [0.15, 0.2) is 0 Å². The number of carbonyl (C=O) groups is 2. The van der Waals surface area contributed by atoms with Gasteiger partial charge in [0.1, 0.15) is 12.7 Å². The van der Waals surface area contributed by atoms with Gasteiger partial charge in [-0.25, -0.2) is 4.57 Å². The van der Waals surface area contributed by atoms with Crippen molar-refractivity contribution < 1.29 is 37.9 Å². The molecule has 0 aromatic rings. The summed E-state index contributed by atoms with van der Waals surface area (Å²) in [6.07, 6.45) is 24.3. The van der Waals surface area contributed by atoms with Crippen LogP contribution < -0.4 is 5.32 Å². The second-order valence-electron chi connectivity index (χ2n) is 10.8. The summed E-state index contributed by atoms with van der Waals surface area (Å²) < 4.78 is 26.6. The number of unbranched alkanes of at least 4 members (excludes halogenated alkanes) is 15. The summed E-state index contributed by atoms with van der Waals surface area (Å²) in [7, 11) is -4.40. The smallest absolute Gasteiger partial charge is 0.463 e. The van der Waals surface area contributed by atoms with Crippen LogP contribution in [0.1, 0.15) is 142 Å². The zero-order valence-corrected chi connectivity index (χ0v) is 26.9. The van der Waals surface area contributed by atoms with Gasteiger partial charge in [-0.15, -0.1) is 0 Å². The van der Waals surface area contributed by atoms with Gasteiger partial charge in [-0.1, -0.05) is 109 Å². The third kappa shape index (κ3) is 30.0. The summed E-state index contributed by atoms with van der Waals surface area (Å²) in [4.78, 5) is 33.5. The molecule has 10 heteroatoms. The largest absolute Gasteiger partial charge is 0.472 e. The second kappa shape index (κ2) is 28.9. The molecule has 0 aromatic heterocycles. The molecule has 0 aromatic carbocycles. The SMILES string of the molecule is CCCC/C=C\CCCCCCCC(=O)OCC(O)COP(=O)(O)OCCNC(=O)CCCCCCCCCCC. The maximum atomic E-state index is 12.0. The highest BCUT2D eigenvalue weighted by Gasteiger charge is 2.23. The predicted octanol–water partition coefficient (Wildman–Crippen LogP) is 7.54. The van der Waals surface area contributed by atoms with Crippen LogP contribution >= 0.6 is 7.82 Å². The van der Waals surface area contributed by atoms with Crippen LogP contribution in [0, 0.1) is 0 Å².